The first-order valence-electron chi connectivity index (χ1n) is 38.2. The molecule has 3 saturated heterocycles. The van der Waals surface area contributed by atoms with Crippen LogP contribution >= 0.6 is 15.6 Å². The van der Waals surface area contributed by atoms with Gasteiger partial charge in [0.05, 0.1) is 85.4 Å². The van der Waals surface area contributed by atoms with Gasteiger partial charge in [0.2, 0.25) is 35.4 Å². The number of nitrogens with zero attached hydrogens (tertiary/aromatic N) is 3. The molecule has 109 heavy (non-hydrogen) atoms. The Labute approximate surface area is 640 Å². The van der Waals surface area contributed by atoms with E-state index in [1.54, 1.807) is 20.8 Å². The molecular weight excluding hydrogens is 1480 g/mol. The van der Waals surface area contributed by atoms with Crippen molar-refractivity contribution >= 4 is 51.1 Å². The minimum atomic E-state index is -4.94. The van der Waals surface area contributed by atoms with Crippen LogP contribution in [0.25, 0.3) is 0 Å². The van der Waals surface area contributed by atoms with Crippen LogP contribution in [0.5, 0.6) is 0 Å². The summed E-state index contributed by atoms with van der Waals surface area (Å²) in [5.41, 5.74) is 0. The molecule has 4 rings (SSSR count). The molecule has 0 aromatic carbocycles. The number of phosphoric acid groups is 2. The first kappa shape index (κ1) is 97.7. The Balaban J connectivity index is 1.41. The highest BCUT2D eigenvalue weighted by Crippen LogP contribution is 2.44. The maximum atomic E-state index is 14.2. The third kappa shape index (κ3) is 34.8. The zero-order valence-electron chi connectivity index (χ0n) is 65.2. The van der Waals surface area contributed by atoms with E-state index in [1.165, 1.54) is 30.6 Å². The van der Waals surface area contributed by atoms with Crippen LogP contribution in [-0.2, 0) is 89.2 Å². The van der Waals surface area contributed by atoms with E-state index >= 15 is 0 Å². The third-order valence-corrected chi connectivity index (χ3v) is 21.9. The molecule has 0 radical (unpaired) electrons. The van der Waals surface area contributed by atoms with Crippen LogP contribution in [-0.4, -0.2) is 328 Å². The lowest BCUT2D eigenvalue weighted by atomic mass is 9.89. The van der Waals surface area contributed by atoms with Gasteiger partial charge in [-0.2, -0.15) is 0 Å². The second-order valence-electron chi connectivity index (χ2n) is 30.4. The quantitative estimate of drug-likeness (QED) is 0.0267. The first-order chi connectivity index (χ1) is 51.3. The van der Waals surface area contributed by atoms with Gasteiger partial charge in [0, 0.05) is 79.3 Å². The number of aliphatic hydroxyl groups is 10. The van der Waals surface area contributed by atoms with Gasteiger partial charge in [-0.05, 0) is 85.9 Å². The summed E-state index contributed by atoms with van der Waals surface area (Å²) in [4.78, 5) is 104. The average Bonchev–Trinajstić information content (AvgIpc) is 1.01. The average molecular weight is 1610 g/mol. The molecule has 4 fully saturated rings. The van der Waals surface area contributed by atoms with Crippen LogP contribution in [0.15, 0.2) is 0 Å². The maximum absolute atomic E-state index is 14.2. The molecule has 0 bridgehead atoms. The van der Waals surface area contributed by atoms with Gasteiger partial charge in [0.25, 0.3) is 0 Å². The molecule has 0 aromatic rings. The van der Waals surface area contributed by atoms with Gasteiger partial charge < -0.3 is 125 Å². The molecule has 0 aromatic heterocycles. The second-order valence-corrected chi connectivity index (χ2v) is 33.3. The van der Waals surface area contributed by atoms with E-state index in [-0.39, 0.29) is 113 Å². The zero-order chi connectivity index (χ0) is 81.5. The first-order valence-corrected chi connectivity index (χ1v) is 41.1. The van der Waals surface area contributed by atoms with Crippen molar-refractivity contribution in [3.63, 3.8) is 0 Å². The molecule has 1 saturated carbocycles. The fourth-order valence-electron chi connectivity index (χ4n) is 14.2. The van der Waals surface area contributed by atoms with Gasteiger partial charge in [0.1, 0.15) is 73.1 Å². The predicted octanol–water partition coefficient (Wildman–Crippen LogP) is -0.609. The van der Waals surface area contributed by atoms with Crippen LogP contribution in [0.1, 0.15) is 147 Å². The van der Waals surface area contributed by atoms with Gasteiger partial charge in [-0.3, -0.25) is 46.9 Å². The van der Waals surface area contributed by atoms with E-state index in [4.69, 9.17) is 51.3 Å². The van der Waals surface area contributed by atoms with Crippen molar-refractivity contribution in [2.75, 3.05) is 119 Å². The van der Waals surface area contributed by atoms with Gasteiger partial charge in [0.15, 0.2) is 18.9 Å². The summed E-state index contributed by atoms with van der Waals surface area (Å²) in [5, 5.41) is 110. The minimum absolute atomic E-state index is 0.0252. The van der Waals surface area contributed by atoms with E-state index in [9.17, 15) is 98.7 Å². The van der Waals surface area contributed by atoms with Crippen molar-refractivity contribution in [1.29, 1.82) is 0 Å². The van der Waals surface area contributed by atoms with E-state index in [2.05, 4.69) is 29.8 Å². The standard InChI is InChI=1S/C70H130N6O31P2/c1-41(2)51-13-12-14-52(16-15-51)97-24-18-75(57(85)33-43(4)30-46(7)39-99-69-60(72-49(10)82)66(91)63(88)54(36-79)106-69)20-26-102-109(95,96)104-28-22-76(58(86)34-44(5)31-47(8)40-100-70-61(73-50(11)83)67(92)64(89)55(37-80)107-70)21-27-103-108(93,94)101-25-19-74(17-23-77)56(84)32-42(3)29-45(6)38-98-68-59(71-48(9)81)65(90)62(87)53(35-78)105-68/h41-47,51-55,59-70,77-80,87-92H,12-40H2,1-11H3,(H,71,81)(H,72,82)(H,73,83)(H,93,94)(H,95,96). The number of carbonyl (C=O) groups excluding carboxylic acids is 6. The fraction of sp³-hybridized carbons (Fsp3) is 0.914. The number of rotatable bonds is 50. The summed E-state index contributed by atoms with van der Waals surface area (Å²) in [6.45, 7) is 13.3. The van der Waals surface area contributed by atoms with E-state index < -0.39 is 209 Å². The molecule has 25 unspecified atom stereocenters. The molecule has 636 valence electrons. The number of nitrogens with one attached hydrogen (secondary N) is 3. The molecule has 1 aliphatic carbocycles. The van der Waals surface area contributed by atoms with E-state index in [0.717, 1.165) is 37.0 Å². The minimum Gasteiger partial charge on any atom is -0.395 e. The Hall–Kier alpha value is -3.64. The molecular formula is C70H130N6O31P2. The summed E-state index contributed by atoms with van der Waals surface area (Å²) in [6.07, 6.45) is -10.6. The Morgan fingerprint density at radius 3 is 1.00 bits per heavy atom. The summed E-state index contributed by atoms with van der Waals surface area (Å²) >= 11 is 0. The summed E-state index contributed by atoms with van der Waals surface area (Å²) in [7, 11) is -9.88. The largest absolute Gasteiger partial charge is 0.472 e. The third-order valence-electron chi connectivity index (χ3n) is 19.9. The van der Waals surface area contributed by atoms with Crippen molar-refractivity contribution in [2.45, 2.75) is 245 Å². The van der Waals surface area contributed by atoms with Crippen molar-refractivity contribution in [3.05, 3.63) is 0 Å². The topological polar surface area (TPSA) is 527 Å². The second kappa shape index (κ2) is 49.3. The molecule has 6 amide bonds. The molecule has 39 heteroatoms. The number of amides is 6. The van der Waals surface area contributed by atoms with E-state index in [0.29, 0.717) is 31.1 Å². The monoisotopic (exact) mass is 1610 g/mol. The van der Waals surface area contributed by atoms with Crippen LogP contribution in [0, 0.1) is 47.3 Å². The van der Waals surface area contributed by atoms with Gasteiger partial charge in [-0.15, -0.1) is 0 Å². The fourth-order valence-corrected chi connectivity index (χ4v) is 15.6. The number of hydrogen-bond acceptors (Lipinski definition) is 29. The highest BCUT2D eigenvalue weighted by atomic mass is 31.2. The summed E-state index contributed by atoms with van der Waals surface area (Å²) in [5.74, 6) is -3.46. The van der Waals surface area contributed by atoms with Crippen LogP contribution in [0.3, 0.4) is 0 Å². The molecule has 15 N–H and O–H groups in total. The summed E-state index contributed by atoms with van der Waals surface area (Å²) in [6, 6.07) is -3.49. The van der Waals surface area contributed by atoms with Gasteiger partial charge >= 0.3 is 15.6 Å². The van der Waals surface area contributed by atoms with E-state index in [1.807, 2.05) is 20.8 Å². The molecule has 25 atom stereocenters. The highest BCUT2D eigenvalue weighted by Gasteiger charge is 2.48. The van der Waals surface area contributed by atoms with Crippen molar-refractivity contribution in [2.24, 2.45) is 47.3 Å². The zero-order valence-corrected chi connectivity index (χ0v) is 67.0. The number of aliphatic hydroxyl groups excluding tert-OH is 10. The van der Waals surface area contributed by atoms with Crippen molar-refractivity contribution in [3.8, 4) is 0 Å². The molecule has 0 spiro atoms. The van der Waals surface area contributed by atoms with Crippen molar-refractivity contribution < 1.29 is 150 Å². The normalized spacial score (nSPS) is 29.6. The Morgan fingerprint density at radius 2 is 0.716 bits per heavy atom. The molecule has 3 aliphatic heterocycles. The molecule has 37 nitrogen and oxygen atoms in total. The lowest BCUT2D eigenvalue weighted by Gasteiger charge is -2.42. The van der Waals surface area contributed by atoms with Crippen LogP contribution < -0.4 is 16.0 Å². The highest BCUT2D eigenvalue weighted by molar-refractivity contribution is 7.47. The predicted molar refractivity (Wildman–Crippen MR) is 388 cm³/mol. The Bertz CT molecular complexity index is 2800. The van der Waals surface area contributed by atoms with Gasteiger partial charge in [-0.25, -0.2) is 9.13 Å². The smallest absolute Gasteiger partial charge is 0.395 e. The lowest BCUT2D eigenvalue weighted by Crippen LogP contribution is -2.64. The molecule has 3 heterocycles. The van der Waals surface area contributed by atoms with Crippen LogP contribution in [0.4, 0.5) is 0 Å². The number of hydrogen-bond donors (Lipinski definition) is 15. The Morgan fingerprint density at radius 1 is 0.413 bits per heavy atom. The number of carbonyl (C=O) groups is 6. The van der Waals surface area contributed by atoms with Crippen molar-refractivity contribution in [1.82, 2.24) is 30.7 Å². The number of ether oxygens (including phenoxy) is 7. The summed E-state index contributed by atoms with van der Waals surface area (Å²) < 4.78 is 89.5. The Kier molecular flexibility index (Phi) is 44.2. The molecule has 4 aliphatic rings. The number of phosphoric ester groups is 2. The SMILES string of the molecule is CC(=O)NC1C(OCC(C)CC(C)CC(=O)N(CCO)CCOP(=O)(O)OCCN(CCOP(=O)(O)OCCN(CCOC2CCCC(C(C)C)CC2)C(=O)CC(C)CC(C)COC2OC(CO)C(O)C(O)C2NC(C)=O)C(=O)CC(C)CC(C)COC2OC(CO)C(O)C(O)C2NC(C)=O)OC(CO)C(O)C1O. The lowest BCUT2D eigenvalue weighted by molar-refractivity contribution is -0.272. The van der Waals surface area contributed by atoms with Crippen LogP contribution in [0.2, 0.25) is 0 Å². The van der Waals surface area contributed by atoms with Gasteiger partial charge in [-0.1, -0.05) is 68.2 Å². The maximum Gasteiger partial charge on any atom is 0.472 e.